The van der Waals surface area contributed by atoms with E-state index in [1.807, 2.05) is 38.1 Å². The van der Waals surface area contributed by atoms with Crippen LogP contribution in [0.3, 0.4) is 0 Å². The highest BCUT2D eigenvalue weighted by Crippen LogP contribution is 2.23. The zero-order chi connectivity index (χ0) is 22.7. The number of rotatable bonds is 5. The molecule has 0 spiro atoms. The molecule has 0 bridgehead atoms. The molecule has 9 heteroatoms. The predicted molar refractivity (Wildman–Crippen MR) is 123 cm³/mol. The van der Waals surface area contributed by atoms with Crippen molar-refractivity contribution in [3.05, 3.63) is 54.1 Å². The van der Waals surface area contributed by atoms with Crippen LogP contribution in [0.2, 0.25) is 0 Å². The number of amides is 1. The molecule has 2 heterocycles. The van der Waals surface area contributed by atoms with Crippen LogP contribution in [0.4, 0.5) is 11.4 Å². The Morgan fingerprint density at radius 1 is 1.00 bits per heavy atom. The van der Waals surface area contributed by atoms with Gasteiger partial charge in [0.15, 0.2) is 0 Å². The highest BCUT2D eigenvalue weighted by atomic mass is 32.2. The van der Waals surface area contributed by atoms with E-state index in [1.165, 1.54) is 16.4 Å². The molecule has 32 heavy (non-hydrogen) atoms. The van der Waals surface area contributed by atoms with Crippen molar-refractivity contribution in [1.29, 1.82) is 0 Å². The third-order valence-electron chi connectivity index (χ3n) is 5.62. The Hall–Kier alpha value is -2.46. The summed E-state index contributed by atoms with van der Waals surface area (Å²) in [5.74, 6) is -0.357. The SMILES string of the molecule is C[C@@H]1CN(S(=O)(=O)c2cccc(C(=O)Nc3ccc(N4CCOCC4)cc3)c2)C[C@H](C)O1. The van der Waals surface area contributed by atoms with Gasteiger partial charge in [-0.2, -0.15) is 4.31 Å². The Labute approximate surface area is 189 Å². The largest absolute Gasteiger partial charge is 0.378 e. The summed E-state index contributed by atoms with van der Waals surface area (Å²) in [4.78, 5) is 15.1. The molecule has 2 atom stereocenters. The number of nitrogens with zero attached hydrogens (tertiary/aromatic N) is 2. The second-order valence-electron chi connectivity index (χ2n) is 8.21. The highest BCUT2D eigenvalue weighted by Gasteiger charge is 2.32. The summed E-state index contributed by atoms with van der Waals surface area (Å²) in [6.45, 7) is 7.39. The van der Waals surface area contributed by atoms with E-state index in [2.05, 4.69) is 10.2 Å². The molecule has 2 saturated heterocycles. The fourth-order valence-electron chi connectivity index (χ4n) is 4.05. The molecule has 0 aliphatic carbocycles. The molecule has 0 aromatic heterocycles. The van der Waals surface area contributed by atoms with E-state index in [0.29, 0.717) is 32.0 Å². The molecule has 2 aliphatic heterocycles. The maximum atomic E-state index is 13.1. The standard InChI is InChI=1S/C23H29N3O5S/c1-17-15-26(16-18(2)31-17)32(28,29)22-5-3-4-19(14-22)23(27)24-20-6-8-21(9-7-20)25-10-12-30-13-11-25/h3-9,14,17-18H,10-13,15-16H2,1-2H3,(H,24,27)/t17-,18+. The fourth-order valence-corrected chi connectivity index (χ4v) is 5.69. The van der Waals surface area contributed by atoms with E-state index in [0.717, 1.165) is 18.8 Å². The van der Waals surface area contributed by atoms with Crippen LogP contribution in [0.1, 0.15) is 24.2 Å². The molecule has 2 aromatic carbocycles. The molecule has 172 valence electrons. The van der Waals surface area contributed by atoms with Gasteiger partial charge < -0.3 is 19.7 Å². The van der Waals surface area contributed by atoms with Crippen molar-refractivity contribution >= 4 is 27.3 Å². The van der Waals surface area contributed by atoms with Crippen LogP contribution in [0, 0.1) is 0 Å². The summed E-state index contributed by atoms with van der Waals surface area (Å²) in [6.07, 6.45) is -0.360. The average Bonchev–Trinajstić information content (AvgIpc) is 2.79. The molecule has 2 aliphatic rings. The number of carbonyl (C=O) groups excluding carboxylic acids is 1. The van der Waals surface area contributed by atoms with E-state index in [9.17, 15) is 13.2 Å². The molecule has 0 unspecified atom stereocenters. The van der Waals surface area contributed by atoms with E-state index in [1.54, 1.807) is 12.1 Å². The van der Waals surface area contributed by atoms with E-state index >= 15 is 0 Å². The number of benzene rings is 2. The minimum atomic E-state index is -3.72. The van der Waals surface area contributed by atoms with Gasteiger partial charge in [-0.05, 0) is 56.3 Å². The number of hydrogen-bond acceptors (Lipinski definition) is 6. The monoisotopic (exact) mass is 459 g/mol. The van der Waals surface area contributed by atoms with Gasteiger partial charge >= 0.3 is 0 Å². The lowest BCUT2D eigenvalue weighted by molar-refractivity contribution is -0.0440. The van der Waals surface area contributed by atoms with Crippen molar-refractivity contribution in [3.63, 3.8) is 0 Å². The maximum absolute atomic E-state index is 13.1. The Morgan fingerprint density at radius 3 is 2.31 bits per heavy atom. The minimum Gasteiger partial charge on any atom is -0.378 e. The summed E-state index contributed by atoms with van der Waals surface area (Å²) in [6, 6.07) is 13.8. The number of sulfonamides is 1. The van der Waals surface area contributed by atoms with Crippen LogP contribution in [0.15, 0.2) is 53.4 Å². The second kappa shape index (κ2) is 9.58. The van der Waals surface area contributed by atoms with Gasteiger partial charge in [-0.25, -0.2) is 8.42 Å². The minimum absolute atomic E-state index is 0.106. The lowest BCUT2D eigenvalue weighted by atomic mass is 10.2. The third kappa shape index (κ3) is 5.12. The van der Waals surface area contributed by atoms with Crippen LogP contribution in [-0.2, 0) is 19.5 Å². The zero-order valence-corrected chi connectivity index (χ0v) is 19.2. The lowest BCUT2D eigenvalue weighted by Gasteiger charge is -2.34. The molecule has 8 nitrogen and oxygen atoms in total. The normalized spacial score (nSPS) is 22.5. The summed E-state index contributed by atoms with van der Waals surface area (Å²) in [7, 11) is -3.72. The van der Waals surface area contributed by atoms with Crippen molar-refractivity contribution in [2.24, 2.45) is 0 Å². The smallest absolute Gasteiger partial charge is 0.255 e. The summed E-state index contributed by atoms with van der Waals surface area (Å²) < 4.78 is 38.7. The molecule has 1 N–H and O–H groups in total. The van der Waals surface area contributed by atoms with Gasteiger partial charge in [0, 0.05) is 43.1 Å². The van der Waals surface area contributed by atoms with Gasteiger partial charge in [-0.3, -0.25) is 4.79 Å². The van der Waals surface area contributed by atoms with Crippen LogP contribution in [-0.4, -0.2) is 70.2 Å². The van der Waals surface area contributed by atoms with Gasteiger partial charge in [0.2, 0.25) is 10.0 Å². The zero-order valence-electron chi connectivity index (χ0n) is 18.4. The first-order chi connectivity index (χ1) is 15.3. The van der Waals surface area contributed by atoms with Crippen molar-refractivity contribution in [2.75, 3.05) is 49.6 Å². The third-order valence-corrected chi connectivity index (χ3v) is 7.45. The first-order valence-corrected chi connectivity index (χ1v) is 12.3. The van der Waals surface area contributed by atoms with Gasteiger partial charge in [0.05, 0.1) is 30.3 Å². The Bertz CT molecular complexity index is 1040. The molecule has 0 radical (unpaired) electrons. The first-order valence-electron chi connectivity index (χ1n) is 10.8. The number of hydrogen-bond donors (Lipinski definition) is 1. The molecule has 0 saturated carbocycles. The number of ether oxygens (including phenoxy) is 2. The quantitative estimate of drug-likeness (QED) is 0.740. The van der Waals surface area contributed by atoms with E-state index in [4.69, 9.17) is 9.47 Å². The summed E-state index contributed by atoms with van der Waals surface area (Å²) in [5.41, 5.74) is 2.02. The van der Waals surface area contributed by atoms with Gasteiger partial charge in [-0.1, -0.05) is 6.07 Å². The first kappa shape index (κ1) is 22.7. The fraction of sp³-hybridized carbons (Fsp3) is 0.435. The van der Waals surface area contributed by atoms with Crippen molar-refractivity contribution in [1.82, 2.24) is 4.31 Å². The number of anilines is 2. The highest BCUT2D eigenvalue weighted by molar-refractivity contribution is 7.89. The topological polar surface area (TPSA) is 88.2 Å². The molecule has 1 amide bonds. The van der Waals surface area contributed by atoms with Crippen molar-refractivity contribution in [2.45, 2.75) is 31.0 Å². The Morgan fingerprint density at radius 2 is 1.66 bits per heavy atom. The van der Waals surface area contributed by atoms with Gasteiger partial charge in [0.1, 0.15) is 0 Å². The maximum Gasteiger partial charge on any atom is 0.255 e. The molecule has 4 rings (SSSR count). The van der Waals surface area contributed by atoms with E-state index in [-0.39, 0.29) is 28.6 Å². The van der Waals surface area contributed by atoms with Gasteiger partial charge in [0.25, 0.3) is 5.91 Å². The predicted octanol–water partition coefficient (Wildman–Crippen LogP) is 2.57. The molecular weight excluding hydrogens is 430 g/mol. The second-order valence-corrected chi connectivity index (χ2v) is 10.1. The molecular formula is C23H29N3O5S. The Kier molecular flexibility index (Phi) is 6.80. The number of morpholine rings is 2. The van der Waals surface area contributed by atoms with Crippen molar-refractivity contribution < 1.29 is 22.7 Å². The van der Waals surface area contributed by atoms with Crippen LogP contribution >= 0.6 is 0 Å². The lowest BCUT2D eigenvalue weighted by Crippen LogP contribution is -2.48. The van der Waals surface area contributed by atoms with Crippen LogP contribution in [0.5, 0.6) is 0 Å². The van der Waals surface area contributed by atoms with E-state index < -0.39 is 10.0 Å². The van der Waals surface area contributed by atoms with Crippen LogP contribution < -0.4 is 10.2 Å². The number of nitrogens with one attached hydrogen (secondary N) is 1. The molecule has 2 aromatic rings. The Balaban J connectivity index is 1.46. The summed E-state index contributed by atoms with van der Waals surface area (Å²) in [5, 5.41) is 2.85. The summed E-state index contributed by atoms with van der Waals surface area (Å²) >= 11 is 0. The molecule has 2 fully saturated rings. The van der Waals surface area contributed by atoms with Gasteiger partial charge in [-0.15, -0.1) is 0 Å². The van der Waals surface area contributed by atoms with Crippen molar-refractivity contribution in [3.8, 4) is 0 Å². The van der Waals surface area contributed by atoms with Crippen LogP contribution in [0.25, 0.3) is 0 Å². The number of carbonyl (C=O) groups is 1. The average molecular weight is 460 g/mol.